The van der Waals surface area contributed by atoms with Gasteiger partial charge in [-0.2, -0.15) is 0 Å². The van der Waals surface area contributed by atoms with Gasteiger partial charge in [-0.1, -0.05) is 18.7 Å². The number of rotatable bonds is 3. The first-order valence-electron chi connectivity index (χ1n) is 7.33. The van der Waals surface area contributed by atoms with Crippen LogP contribution in [0.15, 0.2) is 24.3 Å². The van der Waals surface area contributed by atoms with Crippen molar-refractivity contribution in [2.45, 2.75) is 58.4 Å². The van der Waals surface area contributed by atoms with E-state index in [-0.39, 0.29) is 6.10 Å². The Hall–Kier alpha value is -1.06. The van der Waals surface area contributed by atoms with Gasteiger partial charge < -0.3 is 9.53 Å². The van der Waals surface area contributed by atoms with Crippen molar-refractivity contribution >= 4 is 8.32 Å². The average Bonchev–Trinajstić information content (AvgIpc) is 2.65. The molecule has 1 aliphatic rings. The van der Waals surface area contributed by atoms with Crippen LogP contribution in [0.2, 0.25) is 19.6 Å². The van der Waals surface area contributed by atoms with E-state index in [9.17, 15) is 5.11 Å². The summed E-state index contributed by atoms with van der Waals surface area (Å²) >= 11 is 0. The molecule has 2 rings (SSSR count). The molecule has 1 aromatic rings. The monoisotopic (exact) mass is 290 g/mol. The molecule has 1 saturated carbocycles. The third kappa shape index (κ3) is 3.33. The van der Waals surface area contributed by atoms with E-state index < -0.39 is 8.32 Å². The summed E-state index contributed by atoms with van der Waals surface area (Å²) in [5, 5.41) is 9.89. The van der Waals surface area contributed by atoms with Gasteiger partial charge in [-0.25, -0.2) is 0 Å². The molecule has 1 fully saturated rings. The molecule has 0 amide bonds. The first-order chi connectivity index (χ1) is 9.17. The maximum absolute atomic E-state index is 9.89. The van der Waals surface area contributed by atoms with Crippen molar-refractivity contribution in [2.24, 2.45) is 0 Å². The van der Waals surface area contributed by atoms with Gasteiger partial charge in [-0.15, -0.1) is 0 Å². The van der Waals surface area contributed by atoms with Gasteiger partial charge in [0.25, 0.3) is 0 Å². The van der Waals surface area contributed by atoms with Crippen LogP contribution in [0.4, 0.5) is 0 Å². The second-order valence-electron chi connectivity index (χ2n) is 7.02. The zero-order valence-electron chi connectivity index (χ0n) is 13.3. The van der Waals surface area contributed by atoms with Crippen LogP contribution in [0.5, 0.6) is 5.75 Å². The van der Waals surface area contributed by atoms with Crippen LogP contribution in [0.1, 0.15) is 35.4 Å². The highest BCUT2D eigenvalue weighted by Gasteiger charge is 2.33. The van der Waals surface area contributed by atoms with Gasteiger partial charge in [-0.3, -0.25) is 0 Å². The van der Waals surface area contributed by atoms with Crippen LogP contribution in [-0.2, 0) is 4.43 Å². The molecule has 1 N–H and O–H groups in total. The van der Waals surface area contributed by atoms with Crippen LogP contribution in [0.25, 0.3) is 0 Å². The highest BCUT2D eigenvalue weighted by Crippen LogP contribution is 2.41. The fraction of sp³-hybridized carbons (Fsp3) is 0.529. The summed E-state index contributed by atoms with van der Waals surface area (Å²) in [6.45, 7) is 14.8. The number of aromatic hydroxyl groups is 1. The number of phenols is 1. The molecule has 2 atom stereocenters. The summed E-state index contributed by atoms with van der Waals surface area (Å²) < 4.78 is 6.24. The molecule has 0 saturated heterocycles. The van der Waals surface area contributed by atoms with Crippen molar-refractivity contribution in [1.29, 1.82) is 0 Å². The van der Waals surface area contributed by atoms with Gasteiger partial charge in [0.2, 0.25) is 0 Å². The van der Waals surface area contributed by atoms with Crippen molar-refractivity contribution in [3.05, 3.63) is 41.0 Å². The molecule has 2 nitrogen and oxygen atoms in total. The predicted molar refractivity (Wildman–Crippen MR) is 86.9 cm³/mol. The van der Waals surface area contributed by atoms with Crippen molar-refractivity contribution in [1.82, 2.24) is 0 Å². The van der Waals surface area contributed by atoms with E-state index in [0.717, 1.165) is 24.0 Å². The molecule has 3 heteroatoms. The SMILES string of the molecule is C=C1CC(c2cc(C)c(O)c(C)c2)CC1O[Si](C)(C)C. The molecule has 1 aliphatic carbocycles. The molecule has 0 aliphatic heterocycles. The third-order valence-electron chi connectivity index (χ3n) is 3.94. The maximum Gasteiger partial charge on any atom is 0.184 e. The van der Waals surface area contributed by atoms with E-state index in [4.69, 9.17) is 4.43 Å². The van der Waals surface area contributed by atoms with Crippen molar-refractivity contribution < 1.29 is 9.53 Å². The molecule has 0 bridgehead atoms. The van der Waals surface area contributed by atoms with Crippen LogP contribution in [0.3, 0.4) is 0 Å². The molecular weight excluding hydrogens is 264 g/mol. The lowest BCUT2D eigenvalue weighted by Gasteiger charge is -2.24. The smallest absolute Gasteiger partial charge is 0.184 e. The lowest BCUT2D eigenvalue weighted by molar-refractivity contribution is 0.233. The Morgan fingerprint density at radius 1 is 1.20 bits per heavy atom. The molecular formula is C17H26O2Si. The number of benzene rings is 1. The minimum absolute atomic E-state index is 0.209. The lowest BCUT2D eigenvalue weighted by atomic mass is 9.93. The topological polar surface area (TPSA) is 29.5 Å². The molecule has 0 heterocycles. The maximum atomic E-state index is 9.89. The Kier molecular flexibility index (Phi) is 4.12. The average molecular weight is 290 g/mol. The number of hydrogen-bond donors (Lipinski definition) is 1. The lowest BCUT2D eigenvalue weighted by Crippen LogP contribution is -2.31. The van der Waals surface area contributed by atoms with Crippen LogP contribution in [-0.4, -0.2) is 19.5 Å². The quantitative estimate of drug-likeness (QED) is 0.648. The zero-order chi connectivity index (χ0) is 15.1. The van der Waals surface area contributed by atoms with Crippen molar-refractivity contribution in [3.63, 3.8) is 0 Å². The van der Waals surface area contributed by atoms with E-state index >= 15 is 0 Å². The summed E-state index contributed by atoms with van der Waals surface area (Å²) in [7, 11) is -1.53. The summed E-state index contributed by atoms with van der Waals surface area (Å²) in [5.74, 6) is 0.891. The predicted octanol–water partition coefficient (Wildman–Crippen LogP) is 4.66. The van der Waals surface area contributed by atoms with E-state index in [0.29, 0.717) is 11.7 Å². The highest BCUT2D eigenvalue weighted by atomic mass is 28.4. The van der Waals surface area contributed by atoms with Crippen LogP contribution < -0.4 is 0 Å². The number of aryl methyl sites for hydroxylation is 2. The second-order valence-corrected chi connectivity index (χ2v) is 11.5. The molecule has 0 aromatic heterocycles. The summed E-state index contributed by atoms with van der Waals surface area (Å²) in [6, 6.07) is 4.22. The molecule has 0 spiro atoms. The summed E-state index contributed by atoms with van der Waals surface area (Å²) in [5.41, 5.74) is 4.45. The Balaban J connectivity index is 2.18. The molecule has 110 valence electrons. The normalized spacial score (nSPS) is 23.4. The third-order valence-corrected chi connectivity index (χ3v) is 4.93. The number of phenolic OH excluding ortho intramolecular Hbond substituents is 1. The number of hydrogen-bond acceptors (Lipinski definition) is 2. The van der Waals surface area contributed by atoms with Crippen molar-refractivity contribution in [3.8, 4) is 5.75 Å². The molecule has 20 heavy (non-hydrogen) atoms. The van der Waals surface area contributed by atoms with Gasteiger partial charge in [0.1, 0.15) is 5.75 Å². The standard InChI is InChI=1S/C17H26O2Si/c1-11-7-15(10-16(11)19-20(4,5)6)14-8-12(2)17(18)13(3)9-14/h8-9,15-16,18H,1,7,10H2,2-6H3. The first kappa shape index (κ1) is 15.3. The van der Waals surface area contributed by atoms with Crippen LogP contribution in [0, 0.1) is 13.8 Å². The Morgan fingerprint density at radius 3 is 2.25 bits per heavy atom. The Morgan fingerprint density at radius 2 is 1.75 bits per heavy atom. The highest BCUT2D eigenvalue weighted by molar-refractivity contribution is 6.69. The second kappa shape index (κ2) is 5.38. The first-order valence-corrected chi connectivity index (χ1v) is 10.7. The van der Waals surface area contributed by atoms with E-state index in [1.54, 1.807) is 0 Å². The van der Waals surface area contributed by atoms with Gasteiger partial charge in [0, 0.05) is 0 Å². The summed E-state index contributed by atoms with van der Waals surface area (Å²) in [4.78, 5) is 0. The van der Waals surface area contributed by atoms with E-state index in [2.05, 4.69) is 38.4 Å². The van der Waals surface area contributed by atoms with Gasteiger partial charge in [-0.05, 0) is 74.5 Å². The van der Waals surface area contributed by atoms with Gasteiger partial charge in [0.15, 0.2) is 8.32 Å². The Bertz CT molecular complexity index is 505. The molecule has 0 radical (unpaired) electrons. The van der Waals surface area contributed by atoms with Crippen LogP contribution >= 0.6 is 0 Å². The van der Waals surface area contributed by atoms with E-state index in [1.165, 1.54) is 11.1 Å². The fourth-order valence-corrected chi connectivity index (χ4v) is 4.11. The minimum atomic E-state index is -1.53. The summed E-state index contributed by atoms with van der Waals surface area (Å²) in [6.07, 6.45) is 2.23. The fourth-order valence-electron chi connectivity index (χ4n) is 2.99. The largest absolute Gasteiger partial charge is 0.507 e. The molecule has 1 aromatic carbocycles. The van der Waals surface area contributed by atoms with Gasteiger partial charge >= 0.3 is 0 Å². The van der Waals surface area contributed by atoms with E-state index in [1.807, 2.05) is 13.8 Å². The minimum Gasteiger partial charge on any atom is -0.507 e. The zero-order valence-corrected chi connectivity index (χ0v) is 14.3. The van der Waals surface area contributed by atoms with Gasteiger partial charge in [0.05, 0.1) is 6.10 Å². The Labute approximate surface area is 123 Å². The molecule has 2 unspecified atom stereocenters. The van der Waals surface area contributed by atoms with Crippen molar-refractivity contribution in [2.75, 3.05) is 0 Å².